The van der Waals surface area contributed by atoms with Crippen LogP contribution in [0, 0.1) is 0 Å². The van der Waals surface area contributed by atoms with Crippen molar-refractivity contribution in [1.29, 1.82) is 0 Å². The Bertz CT molecular complexity index is 612. The molecule has 0 spiro atoms. The van der Waals surface area contributed by atoms with Gasteiger partial charge in [0.1, 0.15) is 17.6 Å². The summed E-state index contributed by atoms with van der Waals surface area (Å²) in [5, 5.41) is 0. The average Bonchev–Trinajstić information content (AvgIpc) is 2.55. The van der Waals surface area contributed by atoms with Crippen molar-refractivity contribution in [3.8, 4) is 11.5 Å². The molecule has 0 aromatic heterocycles. The van der Waals surface area contributed by atoms with E-state index in [0.717, 1.165) is 37.4 Å². The Labute approximate surface area is 132 Å². The topological polar surface area (TPSA) is 21.7 Å². The molecule has 22 heavy (non-hydrogen) atoms. The van der Waals surface area contributed by atoms with Gasteiger partial charge in [0.05, 0.1) is 7.11 Å². The van der Waals surface area contributed by atoms with Crippen LogP contribution in [0.15, 0.2) is 48.5 Å². The van der Waals surface area contributed by atoms with E-state index in [-0.39, 0.29) is 6.10 Å². The van der Waals surface area contributed by atoms with Gasteiger partial charge in [0.2, 0.25) is 0 Å². The fraction of sp³-hybridized carbons (Fsp3) is 0.368. The number of hydrogen-bond acceptors (Lipinski definition) is 3. The Hall–Kier alpha value is -2.00. The number of methoxy groups -OCH3 is 1. The molecule has 3 rings (SSSR count). The second kappa shape index (κ2) is 6.84. The molecule has 0 bridgehead atoms. The van der Waals surface area contributed by atoms with E-state index in [0.29, 0.717) is 0 Å². The molecule has 1 aliphatic heterocycles. The van der Waals surface area contributed by atoms with Gasteiger partial charge in [-0.1, -0.05) is 36.4 Å². The second-order valence-electron chi connectivity index (χ2n) is 5.93. The zero-order chi connectivity index (χ0) is 15.4. The van der Waals surface area contributed by atoms with Gasteiger partial charge in [0.15, 0.2) is 0 Å². The highest BCUT2D eigenvalue weighted by Gasteiger charge is 2.21. The molecule has 0 radical (unpaired) electrons. The lowest BCUT2D eigenvalue weighted by Crippen LogP contribution is -2.35. The fourth-order valence-electron chi connectivity index (χ4n) is 2.97. The predicted molar refractivity (Wildman–Crippen MR) is 88.5 cm³/mol. The summed E-state index contributed by atoms with van der Waals surface area (Å²) in [5.41, 5.74) is 2.62. The minimum atomic E-state index is 0.244. The summed E-state index contributed by atoms with van der Waals surface area (Å²) in [6, 6.07) is 16.7. The standard InChI is InChI=1S/C19H23NO2/c1-20(13-15-6-4-3-5-7-15)14-18-11-9-16-8-10-17(21-2)12-19(16)22-18/h3-8,10,12,18H,9,11,13-14H2,1-2H3. The number of rotatable bonds is 5. The first kappa shape index (κ1) is 14.9. The summed E-state index contributed by atoms with van der Waals surface area (Å²) in [4.78, 5) is 2.32. The maximum atomic E-state index is 6.16. The SMILES string of the molecule is COc1ccc2c(c1)OC(CN(C)Cc1ccccc1)CC2. The molecule has 1 atom stereocenters. The Balaban J connectivity index is 1.60. The van der Waals surface area contributed by atoms with Gasteiger partial charge in [-0.05, 0) is 37.1 Å². The van der Waals surface area contributed by atoms with Crippen LogP contribution in [0.2, 0.25) is 0 Å². The minimum absolute atomic E-state index is 0.244. The maximum Gasteiger partial charge on any atom is 0.126 e. The molecule has 3 nitrogen and oxygen atoms in total. The number of aryl methyl sites for hydroxylation is 1. The second-order valence-corrected chi connectivity index (χ2v) is 5.93. The van der Waals surface area contributed by atoms with E-state index in [1.54, 1.807) is 7.11 Å². The molecule has 3 heteroatoms. The molecule has 2 aromatic rings. The van der Waals surface area contributed by atoms with Gasteiger partial charge < -0.3 is 9.47 Å². The van der Waals surface area contributed by atoms with Gasteiger partial charge in [0.25, 0.3) is 0 Å². The Morgan fingerprint density at radius 1 is 1.18 bits per heavy atom. The molecule has 0 fully saturated rings. The third-order valence-electron chi connectivity index (χ3n) is 4.11. The first-order valence-electron chi connectivity index (χ1n) is 7.80. The zero-order valence-corrected chi connectivity index (χ0v) is 13.3. The van der Waals surface area contributed by atoms with Gasteiger partial charge in [-0.15, -0.1) is 0 Å². The van der Waals surface area contributed by atoms with Crippen LogP contribution in [0.5, 0.6) is 11.5 Å². The van der Waals surface area contributed by atoms with Crippen molar-refractivity contribution in [3.05, 3.63) is 59.7 Å². The minimum Gasteiger partial charge on any atom is -0.497 e. The van der Waals surface area contributed by atoms with Crippen molar-refractivity contribution in [2.75, 3.05) is 20.7 Å². The highest BCUT2D eigenvalue weighted by atomic mass is 16.5. The maximum absolute atomic E-state index is 6.16. The van der Waals surface area contributed by atoms with E-state index in [9.17, 15) is 0 Å². The normalized spacial score (nSPS) is 17.0. The molecule has 1 aliphatic rings. The van der Waals surface area contributed by atoms with Crippen molar-refractivity contribution in [3.63, 3.8) is 0 Å². The monoisotopic (exact) mass is 297 g/mol. The highest BCUT2D eigenvalue weighted by molar-refractivity contribution is 5.42. The fourth-order valence-corrected chi connectivity index (χ4v) is 2.97. The van der Waals surface area contributed by atoms with Crippen LogP contribution in [0.4, 0.5) is 0 Å². The first-order chi connectivity index (χ1) is 10.7. The summed E-state index contributed by atoms with van der Waals surface area (Å²) < 4.78 is 11.4. The van der Waals surface area contributed by atoms with E-state index >= 15 is 0 Å². The van der Waals surface area contributed by atoms with Crippen LogP contribution in [0.25, 0.3) is 0 Å². The van der Waals surface area contributed by atoms with Gasteiger partial charge >= 0.3 is 0 Å². The van der Waals surface area contributed by atoms with E-state index in [4.69, 9.17) is 9.47 Å². The molecule has 116 valence electrons. The summed E-state index contributed by atoms with van der Waals surface area (Å²) in [6.45, 7) is 1.89. The molecule has 2 aromatic carbocycles. The van der Waals surface area contributed by atoms with Crippen LogP contribution in [-0.2, 0) is 13.0 Å². The van der Waals surface area contributed by atoms with E-state index in [2.05, 4.69) is 48.3 Å². The quantitative estimate of drug-likeness (QED) is 0.843. The number of benzene rings is 2. The van der Waals surface area contributed by atoms with Gasteiger partial charge in [-0.25, -0.2) is 0 Å². The van der Waals surface area contributed by atoms with Crippen molar-refractivity contribution in [2.24, 2.45) is 0 Å². The van der Waals surface area contributed by atoms with Gasteiger partial charge in [-0.2, -0.15) is 0 Å². The number of fused-ring (bicyclic) bond motifs is 1. The molecule has 0 N–H and O–H groups in total. The van der Waals surface area contributed by atoms with Crippen LogP contribution in [0.3, 0.4) is 0 Å². The van der Waals surface area contributed by atoms with Crippen LogP contribution < -0.4 is 9.47 Å². The molecule has 0 saturated heterocycles. The van der Waals surface area contributed by atoms with Gasteiger partial charge in [-0.3, -0.25) is 4.90 Å². The highest BCUT2D eigenvalue weighted by Crippen LogP contribution is 2.31. The summed E-state index contributed by atoms with van der Waals surface area (Å²) >= 11 is 0. The lowest BCUT2D eigenvalue weighted by Gasteiger charge is -2.29. The van der Waals surface area contributed by atoms with Crippen molar-refractivity contribution < 1.29 is 9.47 Å². The molecule has 1 unspecified atom stereocenters. The predicted octanol–water partition coefficient (Wildman–Crippen LogP) is 3.52. The Morgan fingerprint density at radius 3 is 2.77 bits per heavy atom. The van der Waals surface area contributed by atoms with E-state index in [1.165, 1.54) is 11.1 Å². The average molecular weight is 297 g/mol. The number of hydrogen-bond donors (Lipinski definition) is 0. The van der Waals surface area contributed by atoms with Crippen LogP contribution in [0.1, 0.15) is 17.5 Å². The summed E-state index contributed by atoms with van der Waals surface area (Å²) in [5.74, 6) is 1.83. The summed E-state index contributed by atoms with van der Waals surface area (Å²) in [7, 11) is 3.84. The molecule has 0 amide bonds. The van der Waals surface area contributed by atoms with Crippen molar-refractivity contribution >= 4 is 0 Å². The van der Waals surface area contributed by atoms with Crippen molar-refractivity contribution in [1.82, 2.24) is 4.90 Å². The molecule has 1 heterocycles. The Morgan fingerprint density at radius 2 is 2.00 bits per heavy atom. The third-order valence-corrected chi connectivity index (χ3v) is 4.11. The molecule has 0 aliphatic carbocycles. The Kier molecular flexibility index (Phi) is 4.64. The van der Waals surface area contributed by atoms with Crippen LogP contribution >= 0.6 is 0 Å². The van der Waals surface area contributed by atoms with Crippen molar-refractivity contribution in [2.45, 2.75) is 25.5 Å². The number of nitrogens with zero attached hydrogens (tertiary/aromatic N) is 1. The van der Waals surface area contributed by atoms with Crippen LogP contribution in [-0.4, -0.2) is 31.7 Å². The summed E-state index contributed by atoms with van der Waals surface area (Å²) in [6.07, 6.45) is 2.38. The first-order valence-corrected chi connectivity index (χ1v) is 7.80. The molecular weight excluding hydrogens is 274 g/mol. The molecule has 0 saturated carbocycles. The zero-order valence-electron chi connectivity index (χ0n) is 13.3. The lowest BCUT2D eigenvalue weighted by atomic mass is 10.0. The van der Waals surface area contributed by atoms with E-state index < -0.39 is 0 Å². The van der Waals surface area contributed by atoms with E-state index in [1.807, 2.05) is 12.1 Å². The lowest BCUT2D eigenvalue weighted by molar-refractivity contribution is 0.124. The van der Waals surface area contributed by atoms with Gasteiger partial charge in [0, 0.05) is 19.2 Å². The number of likely N-dealkylation sites (N-methyl/N-ethyl adjacent to an activating group) is 1. The largest absolute Gasteiger partial charge is 0.497 e. The number of ether oxygens (including phenoxy) is 2. The molecular formula is C19H23NO2. The smallest absolute Gasteiger partial charge is 0.126 e. The third kappa shape index (κ3) is 3.60.